The lowest BCUT2D eigenvalue weighted by Gasteiger charge is -2.08. The zero-order chi connectivity index (χ0) is 17.5. The number of hydrogen-bond acceptors (Lipinski definition) is 5. The molecule has 0 fully saturated rings. The first kappa shape index (κ1) is 17.4. The van der Waals surface area contributed by atoms with Crippen molar-refractivity contribution in [2.45, 2.75) is 26.8 Å². The molecule has 2 aromatic rings. The van der Waals surface area contributed by atoms with Crippen molar-refractivity contribution in [3.8, 4) is 0 Å². The van der Waals surface area contributed by atoms with E-state index in [1.54, 1.807) is 31.2 Å². The van der Waals surface area contributed by atoms with E-state index in [1.807, 2.05) is 6.92 Å². The van der Waals surface area contributed by atoms with Gasteiger partial charge in [-0.15, -0.1) is 0 Å². The Kier molecular flexibility index (Phi) is 5.83. The van der Waals surface area contributed by atoms with E-state index in [4.69, 9.17) is 4.74 Å². The van der Waals surface area contributed by atoms with Gasteiger partial charge in [-0.1, -0.05) is 6.92 Å². The largest absolute Gasteiger partial charge is 0.462 e. The van der Waals surface area contributed by atoms with E-state index in [0.29, 0.717) is 24.4 Å². The fourth-order valence-electron chi connectivity index (χ4n) is 2.04. The first-order valence-corrected chi connectivity index (χ1v) is 7.71. The van der Waals surface area contributed by atoms with Crippen LogP contribution < -0.4 is 10.9 Å². The maximum Gasteiger partial charge on any atom is 0.338 e. The second-order valence-electron chi connectivity index (χ2n) is 5.03. The second-order valence-corrected chi connectivity index (χ2v) is 5.03. The summed E-state index contributed by atoms with van der Waals surface area (Å²) in [5, 5.41) is 6.72. The van der Waals surface area contributed by atoms with Gasteiger partial charge in [0, 0.05) is 18.3 Å². The molecular weight excluding hydrogens is 310 g/mol. The van der Waals surface area contributed by atoms with Crippen molar-refractivity contribution in [2.24, 2.45) is 0 Å². The van der Waals surface area contributed by atoms with Crippen LogP contribution in [0.5, 0.6) is 0 Å². The van der Waals surface area contributed by atoms with Gasteiger partial charge in [0.1, 0.15) is 5.69 Å². The molecule has 7 nitrogen and oxygen atoms in total. The molecule has 0 aliphatic carbocycles. The van der Waals surface area contributed by atoms with Crippen LogP contribution in [0, 0.1) is 0 Å². The van der Waals surface area contributed by atoms with Crippen molar-refractivity contribution < 1.29 is 14.3 Å². The molecule has 0 spiro atoms. The monoisotopic (exact) mass is 329 g/mol. The summed E-state index contributed by atoms with van der Waals surface area (Å²) in [6, 6.07) is 9.05. The minimum atomic E-state index is -0.427. The third-order valence-electron chi connectivity index (χ3n) is 3.19. The molecule has 1 aromatic heterocycles. The number of ether oxygens (including phenoxy) is 1. The lowest BCUT2D eigenvalue weighted by Crippen LogP contribution is -2.26. The van der Waals surface area contributed by atoms with Crippen molar-refractivity contribution in [3.05, 3.63) is 58.0 Å². The van der Waals surface area contributed by atoms with Gasteiger partial charge in [0.05, 0.1) is 12.2 Å². The maximum atomic E-state index is 12.2. The highest BCUT2D eigenvalue weighted by atomic mass is 16.5. The summed E-state index contributed by atoms with van der Waals surface area (Å²) in [5.41, 5.74) is 0.831. The van der Waals surface area contributed by atoms with E-state index in [2.05, 4.69) is 10.4 Å². The zero-order valence-corrected chi connectivity index (χ0v) is 13.6. The van der Waals surface area contributed by atoms with Crippen molar-refractivity contribution >= 4 is 17.6 Å². The maximum absolute atomic E-state index is 12.2. The standard InChI is InChI=1S/C17H19N3O4/c1-3-11-20-15(21)10-9-14(19-20)16(22)18-13-7-5-12(6-8-13)17(23)24-4-2/h5-10H,3-4,11H2,1-2H3,(H,18,22). The Morgan fingerprint density at radius 1 is 1.12 bits per heavy atom. The molecule has 1 heterocycles. The van der Waals surface area contributed by atoms with Crippen LogP contribution in [0.3, 0.4) is 0 Å². The van der Waals surface area contributed by atoms with Crippen LogP contribution in [0.1, 0.15) is 41.1 Å². The number of rotatable bonds is 6. The van der Waals surface area contributed by atoms with E-state index >= 15 is 0 Å². The fraction of sp³-hybridized carbons (Fsp3) is 0.294. The number of hydrogen-bond donors (Lipinski definition) is 1. The summed E-state index contributed by atoms with van der Waals surface area (Å²) in [6.45, 7) is 4.41. The highest BCUT2D eigenvalue weighted by Crippen LogP contribution is 2.11. The van der Waals surface area contributed by atoms with Crippen LogP contribution in [0.4, 0.5) is 5.69 Å². The van der Waals surface area contributed by atoms with Crippen LogP contribution >= 0.6 is 0 Å². The SMILES string of the molecule is CCCn1nc(C(=O)Nc2ccc(C(=O)OCC)cc2)ccc1=O. The number of aromatic nitrogens is 2. The minimum absolute atomic E-state index is 0.150. The Balaban J connectivity index is 2.11. The number of esters is 1. The minimum Gasteiger partial charge on any atom is -0.462 e. The van der Waals surface area contributed by atoms with E-state index in [0.717, 1.165) is 6.42 Å². The number of anilines is 1. The Morgan fingerprint density at radius 2 is 1.83 bits per heavy atom. The molecule has 1 N–H and O–H groups in total. The van der Waals surface area contributed by atoms with Gasteiger partial charge in [0.2, 0.25) is 0 Å². The molecule has 0 aliphatic heterocycles. The van der Waals surface area contributed by atoms with Crippen molar-refractivity contribution in [1.29, 1.82) is 0 Å². The summed E-state index contributed by atoms with van der Waals surface area (Å²) in [6.07, 6.45) is 0.743. The summed E-state index contributed by atoms with van der Waals surface area (Å²) < 4.78 is 6.16. The number of benzene rings is 1. The van der Waals surface area contributed by atoms with Crippen molar-refractivity contribution in [2.75, 3.05) is 11.9 Å². The number of nitrogens with one attached hydrogen (secondary N) is 1. The first-order valence-electron chi connectivity index (χ1n) is 7.71. The number of carbonyl (C=O) groups excluding carboxylic acids is 2. The number of nitrogens with zero attached hydrogens (tertiary/aromatic N) is 2. The Hall–Kier alpha value is -2.96. The van der Waals surface area contributed by atoms with Crippen molar-refractivity contribution in [3.63, 3.8) is 0 Å². The summed E-state index contributed by atoms with van der Waals surface area (Å²) in [7, 11) is 0. The van der Waals surface area contributed by atoms with Gasteiger partial charge in [-0.2, -0.15) is 5.10 Å². The average molecular weight is 329 g/mol. The van der Waals surface area contributed by atoms with E-state index in [1.165, 1.54) is 16.8 Å². The third kappa shape index (κ3) is 4.28. The van der Waals surface area contributed by atoms with Crippen LogP contribution in [0.25, 0.3) is 0 Å². The molecule has 0 aliphatic rings. The predicted molar refractivity (Wildman–Crippen MR) is 89.1 cm³/mol. The smallest absolute Gasteiger partial charge is 0.338 e. The molecule has 0 bridgehead atoms. The Labute approximate surface area is 139 Å². The Morgan fingerprint density at radius 3 is 2.46 bits per heavy atom. The van der Waals surface area contributed by atoms with E-state index in [-0.39, 0.29) is 11.3 Å². The zero-order valence-electron chi connectivity index (χ0n) is 13.6. The second kappa shape index (κ2) is 8.05. The van der Waals surface area contributed by atoms with Gasteiger partial charge >= 0.3 is 5.97 Å². The summed E-state index contributed by atoms with van der Waals surface area (Å²) in [4.78, 5) is 35.4. The topological polar surface area (TPSA) is 90.3 Å². The van der Waals surface area contributed by atoms with Gasteiger partial charge in [-0.3, -0.25) is 9.59 Å². The lowest BCUT2D eigenvalue weighted by molar-refractivity contribution is 0.0526. The predicted octanol–water partition coefficient (Wildman–Crippen LogP) is 2.08. The number of amides is 1. The van der Waals surface area contributed by atoms with Crippen LogP contribution in [-0.2, 0) is 11.3 Å². The van der Waals surface area contributed by atoms with Gasteiger partial charge in [-0.25, -0.2) is 9.48 Å². The van der Waals surface area contributed by atoms with Crippen LogP contribution in [0.15, 0.2) is 41.2 Å². The molecule has 24 heavy (non-hydrogen) atoms. The van der Waals surface area contributed by atoms with Gasteiger partial charge < -0.3 is 10.1 Å². The molecule has 0 radical (unpaired) electrons. The molecule has 0 unspecified atom stereocenters. The lowest BCUT2D eigenvalue weighted by atomic mass is 10.2. The van der Waals surface area contributed by atoms with Gasteiger partial charge in [0.25, 0.3) is 11.5 Å². The molecule has 0 saturated heterocycles. The molecule has 1 amide bonds. The van der Waals surface area contributed by atoms with Crippen LogP contribution in [0.2, 0.25) is 0 Å². The summed E-state index contributed by atoms with van der Waals surface area (Å²) in [5.74, 6) is -0.840. The van der Waals surface area contributed by atoms with E-state index in [9.17, 15) is 14.4 Å². The molecule has 1 aromatic carbocycles. The highest BCUT2D eigenvalue weighted by Gasteiger charge is 2.11. The Bertz CT molecular complexity index is 781. The molecule has 7 heteroatoms. The molecule has 0 atom stereocenters. The summed E-state index contributed by atoms with van der Waals surface area (Å²) >= 11 is 0. The molecule has 126 valence electrons. The molecule has 2 rings (SSSR count). The normalized spacial score (nSPS) is 10.2. The van der Waals surface area contributed by atoms with Gasteiger partial charge in [-0.05, 0) is 43.7 Å². The first-order chi connectivity index (χ1) is 11.5. The quantitative estimate of drug-likeness (QED) is 0.820. The van der Waals surface area contributed by atoms with Crippen LogP contribution in [-0.4, -0.2) is 28.3 Å². The average Bonchev–Trinajstić information content (AvgIpc) is 2.58. The fourth-order valence-corrected chi connectivity index (χ4v) is 2.04. The number of aryl methyl sites for hydroxylation is 1. The van der Waals surface area contributed by atoms with E-state index < -0.39 is 11.9 Å². The number of carbonyl (C=O) groups is 2. The molecular formula is C17H19N3O4. The van der Waals surface area contributed by atoms with Crippen molar-refractivity contribution in [1.82, 2.24) is 9.78 Å². The highest BCUT2D eigenvalue weighted by molar-refractivity contribution is 6.03. The molecule has 0 saturated carbocycles. The van der Waals surface area contributed by atoms with Gasteiger partial charge in [0.15, 0.2) is 0 Å². The third-order valence-corrected chi connectivity index (χ3v) is 3.19.